The number of carbonyl (C=O) groups excluding carboxylic acids is 1. The second-order valence-corrected chi connectivity index (χ2v) is 6.68. The predicted octanol–water partition coefficient (Wildman–Crippen LogP) is 4.40. The maximum atomic E-state index is 13.4. The Kier molecular flexibility index (Phi) is 6.12. The Labute approximate surface area is 170 Å². The average molecular weight is 394 g/mol. The van der Waals surface area contributed by atoms with Crippen LogP contribution >= 0.6 is 0 Å². The lowest BCUT2D eigenvalue weighted by molar-refractivity contribution is 0.102. The summed E-state index contributed by atoms with van der Waals surface area (Å²) in [4.78, 5) is 13.4. The van der Waals surface area contributed by atoms with Crippen LogP contribution in [0.1, 0.15) is 29.4 Å². The molecule has 0 aliphatic rings. The smallest absolute Gasteiger partial charge is 0.209 e. The molecule has 2 aromatic carbocycles. The number of ether oxygens (including phenoxy) is 3. The fourth-order valence-corrected chi connectivity index (χ4v) is 3.36. The lowest BCUT2D eigenvalue weighted by atomic mass is 10.0. The highest BCUT2D eigenvalue weighted by Gasteiger charge is 2.21. The number of nitrogens with two attached hydrogens (primary N) is 1. The topological polar surface area (TPSA) is 75.7 Å². The zero-order chi connectivity index (χ0) is 21.0. The standard InChI is InChI=1S/C23H26N2O4/c1-5-9-25-14-17(15-7-6-8-18(24)10-15)11-19(25)22(26)16-12-20(27-2)23(29-4)21(13-16)28-3/h6-8,10-14H,5,9,24H2,1-4H3. The molecule has 0 spiro atoms. The predicted molar refractivity (Wildman–Crippen MR) is 114 cm³/mol. The normalized spacial score (nSPS) is 10.6. The van der Waals surface area contributed by atoms with Gasteiger partial charge in [0.05, 0.1) is 27.0 Å². The fraction of sp³-hybridized carbons (Fsp3) is 0.261. The molecule has 0 fully saturated rings. The fourth-order valence-electron chi connectivity index (χ4n) is 3.36. The van der Waals surface area contributed by atoms with Crippen LogP contribution in [0.3, 0.4) is 0 Å². The molecule has 0 bridgehead atoms. The SMILES string of the molecule is CCCn1cc(-c2cccc(N)c2)cc1C(=O)c1cc(OC)c(OC)c(OC)c1. The maximum absolute atomic E-state index is 13.4. The third-order valence-electron chi connectivity index (χ3n) is 4.74. The van der Waals surface area contributed by atoms with Crippen LogP contribution < -0.4 is 19.9 Å². The number of nitrogen functional groups attached to an aromatic ring is 1. The van der Waals surface area contributed by atoms with Gasteiger partial charge < -0.3 is 24.5 Å². The van der Waals surface area contributed by atoms with Crippen molar-refractivity contribution in [3.05, 3.63) is 59.9 Å². The van der Waals surface area contributed by atoms with Gasteiger partial charge in [-0.1, -0.05) is 19.1 Å². The van der Waals surface area contributed by atoms with E-state index >= 15 is 0 Å². The highest BCUT2D eigenvalue weighted by Crippen LogP contribution is 2.39. The van der Waals surface area contributed by atoms with Crippen molar-refractivity contribution in [2.45, 2.75) is 19.9 Å². The van der Waals surface area contributed by atoms with Gasteiger partial charge in [0, 0.05) is 29.6 Å². The van der Waals surface area contributed by atoms with E-state index in [1.54, 1.807) is 12.1 Å². The van der Waals surface area contributed by atoms with Crippen LogP contribution in [0.4, 0.5) is 5.69 Å². The van der Waals surface area contributed by atoms with Crippen molar-refractivity contribution in [2.75, 3.05) is 27.1 Å². The van der Waals surface area contributed by atoms with Crippen molar-refractivity contribution in [1.29, 1.82) is 0 Å². The van der Waals surface area contributed by atoms with E-state index in [9.17, 15) is 4.79 Å². The van der Waals surface area contributed by atoms with Crippen molar-refractivity contribution < 1.29 is 19.0 Å². The second kappa shape index (κ2) is 8.73. The van der Waals surface area contributed by atoms with Gasteiger partial charge in [-0.25, -0.2) is 0 Å². The molecule has 6 nitrogen and oxygen atoms in total. The molecule has 0 saturated heterocycles. The summed E-state index contributed by atoms with van der Waals surface area (Å²) < 4.78 is 18.1. The number of hydrogen-bond donors (Lipinski definition) is 1. The van der Waals surface area contributed by atoms with Crippen LogP contribution in [0, 0.1) is 0 Å². The molecule has 152 valence electrons. The maximum Gasteiger partial charge on any atom is 0.209 e. The highest BCUT2D eigenvalue weighted by molar-refractivity contribution is 6.09. The van der Waals surface area contributed by atoms with Crippen molar-refractivity contribution in [1.82, 2.24) is 4.57 Å². The molecular weight excluding hydrogens is 368 g/mol. The van der Waals surface area contributed by atoms with Gasteiger partial charge in [0.2, 0.25) is 11.5 Å². The number of benzene rings is 2. The molecule has 3 rings (SSSR count). The van der Waals surface area contributed by atoms with Gasteiger partial charge in [0.25, 0.3) is 0 Å². The number of rotatable bonds is 8. The molecule has 2 N–H and O–H groups in total. The van der Waals surface area contributed by atoms with Crippen LogP contribution in [0.5, 0.6) is 17.2 Å². The molecule has 1 aromatic heterocycles. The van der Waals surface area contributed by atoms with Gasteiger partial charge in [-0.3, -0.25) is 4.79 Å². The van der Waals surface area contributed by atoms with Crippen molar-refractivity contribution in [3.63, 3.8) is 0 Å². The van der Waals surface area contributed by atoms with Crippen molar-refractivity contribution in [2.24, 2.45) is 0 Å². The molecule has 0 atom stereocenters. The highest BCUT2D eigenvalue weighted by atomic mass is 16.5. The lowest BCUT2D eigenvalue weighted by Gasteiger charge is -2.14. The number of anilines is 1. The first-order valence-electron chi connectivity index (χ1n) is 9.43. The molecule has 29 heavy (non-hydrogen) atoms. The van der Waals surface area contributed by atoms with Crippen LogP contribution in [0.25, 0.3) is 11.1 Å². The molecule has 0 aliphatic carbocycles. The van der Waals surface area contributed by atoms with Gasteiger partial charge in [-0.05, 0) is 42.3 Å². The summed E-state index contributed by atoms with van der Waals surface area (Å²) in [6, 6.07) is 12.9. The van der Waals surface area contributed by atoms with Crippen molar-refractivity contribution in [3.8, 4) is 28.4 Å². The van der Waals surface area contributed by atoms with Crippen LogP contribution in [0.2, 0.25) is 0 Å². The van der Waals surface area contributed by atoms with E-state index in [1.807, 2.05) is 41.1 Å². The summed E-state index contributed by atoms with van der Waals surface area (Å²) in [6.07, 6.45) is 2.89. The van der Waals surface area contributed by atoms with E-state index in [1.165, 1.54) is 21.3 Å². The van der Waals surface area contributed by atoms with E-state index in [0.717, 1.165) is 24.1 Å². The Balaban J connectivity index is 2.09. The summed E-state index contributed by atoms with van der Waals surface area (Å²) >= 11 is 0. The van der Waals surface area contributed by atoms with E-state index in [0.29, 0.717) is 34.2 Å². The number of ketones is 1. The lowest BCUT2D eigenvalue weighted by Crippen LogP contribution is -2.10. The van der Waals surface area contributed by atoms with Crippen LogP contribution in [-0.2, 0) is 6.54 Å². The van der Waals surface area contributed by atoms with Gasteiger partial charge in [-0.15, -0.1) is 0 Å². The molecule has 1 heterocycles. The van der Waals surface area contributed by atoms with Gasteiger partial charge in [0.1, 0.15) is 0 Å². The molecule has 0 amide bonds. The number of methoxy groups -OCH3 is 3. The molecule has 3 aromatic rings. The summed E-state index contributed by atoms with van der Waals surface area (Å²) in [6.45, 7) is 2.81. The Morgan fingerprint density at radius 3 is 2.21 bits per heavy atom. The summed E-state index contributed by atoms with van der Waals surface area (Å²) in [5.74, 6) is 1.23. The Morgan fingerprint density at radius 1 is 0.966 bits per heavy atom. The second-order valence-electron chi connectivity index (χ2n) is 6.68. The average Bonchev–Trinajstić information content (AvgIpc) is 3.16. The third-order valence-corrected chi connectivity index (χ3v) is 4.74. The zero-order valence-electron chi connectivity index (χ0n) is 17.2. The minimum atomic E-state index is -0.118. The number of nitrogens with zero attached hydrogens (tertiary/aromatic N) is 1. The van der Waals surface area contributed by atoms with Crippen molar-refractivity contribution >= 4 is 11.5 Å². The van der Waals surface area contributed by atoms with Gasteiger partial charge >= 0.3 is 0 Å². The van der Waals surface area contributed by atoms with E-state index in [4.69, 9.17) is 19.9 Å². The molecule has 0 unspecified atom stereocenters. The summed E-state index contributed by atoms with van der Waals surface area (Å²) in [5, 5.41) is 0. The number of aromatic nitrogens is 1. The minimum Gasteiger partial charge on any atom is -0.493 e. The van der Waals surface area contributed by atoms with E-state index in [-0.39, 0.29) is 5.78 Å². The molecule has 0 aliphatic heterocycles. The monoisotopic (exact) mass is 394 g/mol. The third kappa shape index (κ3) is 4.06. The first-order chi connectivity index (χ1) is 14.0. The quantitative estimate of drug-likeness (QED) is 0.453. The largest absolute Gasteiger partial charge is 0.493 e. The summed E-state index contributed by atoms with van der Waals surface area (Å²) in [7, 11) is 4.60. The zero-order valence-corrected chi connectivity index (χ0v) is 17.2. The van der Waals surface area contributed by atoms with Crippen LogP contribution in [0.15, 0.2) is 48.7 Å². The van der Waals surface area contributed by atoms with Gasteiger partial charge in [-0.2, -0.15) is 0 Å². The number of hydrogen-bond acceptors (Lipinski definition) is 5. The Morgan fingerprint density at radius 2 is 1.66 bits per heavy atom. The number of carbonyl (C=O) groups is 1. The first-order valence-corrected chi connectivity index (χ1v) is 9.43. The number of aryl methyl sites for hydroxylation is 1. The van der Waals surface area contributed by atoms with E-state index < -0.39 is 0 Å². The minimum absolute atomic E-state index is 0.118. The molecule has 6 heteroatoms. The molecular formula is C23H26N2O4. The first kappa shape index (κ1) is 20.3. The van der Waals surface area contributed by atoms with Crippen LogP contribution in [-0.4, -0.2) is 31.7 Å². The Hall–Kier alpha value is -3.41. The van der Waals surface area contributed by atoms with Gasteiger partial charge in [0.15, 0.2) is 11.5 Å². The van der Waals surface area contributed by atoms with E-state index in [2.05, 4.69) is 6.92 Å². The molecule has 0 saturated carbocycles. The molecule has 0 radical (unpaired) electrons. The Bertz CT molecular complexity index is 998. The summed E-state index contributed by atoms with van der Waals surface area (Å²) in [5.41, 5.74) is 9.59.